The van der Waals surface area contributed by atoms with E-state index in [0.29, 0.717) is 6.61 Å². The molecule has 116 valence electrons. The number of benzene rings is 1. The highest BCUT2D eigenvalue weighted by Crippen LogP contribution is 2.31. The van der Waals surface area contributed by atoms with Gasteiger partial charge in [-0.2, -0.15) is 0 Å². The van der Waals surface area contributed by atoms with E-state index in [9.17, 15) is 4.79 Å². The van der Waals surface area contributed by atoms with Crippen molar-refractivity contribution in [3.05, 3.63) is 35.4 Å². The molecule has 2 rings (SSSR count). The third-order valence-electron chi connectivity index (χ3n) is 4.26. The summed E-state index contributed by atoms with van der Waals surface area (Å²) < 4.78 is 5.34. The van der Waals surface area contributed by atoms with E-state index in [1.54, 1.807) is 0 Å². The molecule has 0 heterocycles. The molecule has 1 aromatic carbocycles. The number of nitrogens with one attached hydrogen (secondary N) is 1. The summed E-state index contributed by atoms with van der Waals surface area (Å²) in [6.07, 6.45) is 6.31. The van der Waals surface area contributed by atoms with E-state index in [0.717, 1.165) is 25.8 Å². The van der Waals surface area contributed by atoms with Crippen LogP contribution in [0.5, 0.6) is 0 Å². The first-order chi connectivity index (χ1) is 10.2. The standard InChI is InChI=1S/C18H27NO2/c1-3-5-6-9-12-19-18(17(20)21-4-2)13-15-10-7-8-11-16(15)14-18/h7-8,10-11,19H,3-6,9,12-14H2,1-2H3. The maximum atomic E-state index is 12.5. The van der Waals surface area contributed by atoms with E-state index in [-0.39, 0.29) is 5.97 Å². The van der Waals surface area contributed by atoms with Crippen molar-refractivity contribution >= 4 is 5.97 Å². The Morgan fingerprint density at radius 2 is 1.81 bits per heavy atom. The molecule has 0 saturated heterocycles. The number of unbranched alkanes of at least 4 members (excludes halogenated alkanes) is 3. The van der Waals surface area contributed by atoms with E-state index in [2.05, 4.69) is 24.4 Å². The highest BCUT2D eigenvalue weighted by Gasteiger charge is 2.44. The highest BCUT2D eigenvalue weighted by molar-refractivity contribution is 5.83. The van der Waals surface area contributed by atoms with Crippen LogP contribution in [0.25, 0.3) is 0 Å². The van der Waals surface area contributed by atoms with E-state index < -0.39 is 5.54 Å². The van der Waals surface area contributed by atoms with Crippen molar-refractivity contribution < 1.29 is 9.53 Å². The van der Waals surface area contributed by atoms with Crippen LogP contribution in [0.3, 0.4) is 0 Å². The lowest BCUT2D eigenvalue weighted by Crippen LogP contribution is -2.54. The van der Waals surface area contributed by atoms with Crippen LogP contribution in [0.2, 0.25) is 0 Å². The van der Waals surface area contributed by atoms with Crippen molar-refractivity contribution in [1.29, 1.82) is 0 Å². The normalized spacial score (nSPS) is 15.7. The van der Waals surface area contributed by atoms with Gasteiger partial charge in [0.15, 0.2) is 0 Å². The van der Waals surface area contributed by atoms with Gasteiger partial charge in [0.1, 0.15) is 5.54 Å². The molecule has 3 heteroatoms. The molecule has 0 saturated carbocycles. The molecule has 1 aliphatic carbocycles. The Hall–Kier alpha value is -1.35. The molecule has 21 heavy (non-hydrogen) atoms. The fourth-order valence-corrected chi connectivity index (χ4v) is 3.11. The van der Waals surface area contributed by atoms with E-state index >= 15 is 0 Å². The van der Waals surface area contributed by atoms with Crippen LogP contribution in [0.1, 0.15) is 50.7 Å². The minimum atomic E-state index is -0.550. The molecule has 0 amide bonds. The van der Waals surface area contributed by atoms with Crippen LogP contribution in [0.4, 0.5) is 0 Å². The van der Waals surface area contributed by atoms with Gasteiger partial charge in [0, 0.05) is 12.8 Å². The molecule has 0 aromatic heterocycles. The molecule has 1 N–H and O–H groups in total. The third-order valence-corrected chi connectivity index (χ3v) is 4.26. The van der Waals surface area contributed by atoms with Gasteiger partial charge in [-0.1, -0.05) is 50.5 Å². The molecule has 0 radical (unpaired) electrons. The summed E-state index contributed by atoms with van der Waals surface area (Å²) in [4.78, 5) is 12.5. The second-order valence-electron chi connectivity index (χ2n) is 5.91. The molecule has 1 aromatic rings. The SMILES string of the molecule is CCCCCCNC1(C(=O)OCC)Cc2ccccc2C1. The third kappa shape index (κ3) is 3.85. The minimum absolute atomic E-state index is 0.100. The Morgan fingerprint density at radius 1 is 1.14 bits per heavy atom. The topological polar surface area (TPSA) is 38.3 Å². The van der Waals surface area contributed by atoms with Gasteiger partial charge < -0.3 is 10.1 Å². The molecule has 0 unspecified atom stereocenters. The van der Waals surface area contributed by atoms with E-state index in [1.807, 2.05) is 19.1 Å². The van der Waals surface area contributed by atoms with E-state index in [4.69, 9.17) is 4.74 Å². The second kappa shape index (κ2) is 7.60. The van der Waals surface area contributed by atoms with Crippen molar-refractivity contribution in [2.75, 3.05) is 13.2 Å². The fraction of sp³-hybridized carbons (Fsp3) is 0.611. The summed E-state index contributed by atoms with van der Waals surface area (Å²) in [6, 6.07) is 8.33. The highest BCUT2D eigenvalue weighted by atomic mass is 16.5. The first-order valence-corrected chi connectivity index (χ1v) is 8.21. The average Bonchev–Trinajstić information content (AvgIpc) is 2.87. The number of hydrogen-bond donors (Lipinski definition) is 1. The van der Waals surface area contributed by atoms with Crippen LogP contribution in [0, 0.1) is 0 Å². The quantitative estimate of drug-likeness (QED) is 0.590. The smallest absolute Gasteiger partial charge is 0.327 e. The summed E-state index contributed by atoms with van der Waals surface area (Å²) in [5, 5.41) is 3.51. The molecular weight excluding hydrogens is 262 g/mol. The minimum Gasteiger partial charge on any atom is -0.465 e. The Kier molecular flexibility index (Phi) is 5.80. The zero-order chi connectivity index (χ0) is 15.1. The fourth-order valence-electron chi connectivity index (χ4n) is 3.11. The van der Waals surface area contributed by atoms with Crippen LogP contribution in [0.15, 0.2) is 24.3 Å². The van der Waals surface area contributed by atoms with Gasteiger partial charge in [-0.3, -0.25) is 4.79 Å². The summed E-state index contributed by atoms with van der Waals surface area (Å²) in [5.74, 6) is -0.100. The summed E-state index contributed by atoms with van der Waals surface area (Å²) in [5.41, 5.74) is 1.99. The predicted octanol–water partition coefficient (Wildman–Crippen LogP) is 3.26. The molecule has 0 aliphatic heterocycles. The maximum Gasteiger partial charge on any atom is 0.327 e. The van der Waals surface area contributed by atoms with Crippen molar-refractivity contribution in [2.45, 2.75) is 57.9 Å². The lowest BCUT2D eigenvalue weighted by Gasteiger charge is -2.28. The molecule has 1 aliphatic rings. The number of carbonyl (C=O) groups excluding carboxylic acids is 1. The molecule has 0 atom stereocenters. The van der Waals surface area contributed by atoms with Gasteiger partial charge in [0.25, 0.3) is 0 Å². The summed E-state index contributed by atoms with van der Waals surface area (Å²) in [7, 11) is 0. The average molecular weight is 289 g/mol. The van der Waals surface area contributed by atoms with Crippen molar-refractivity contribution in [3.63, 3.8) is 0 Å². The molecule has 3 nitrogen and oxygen atoms in total. The van der Waals surface area contributed by atoms with Gasteiger partial charge in [-0.15, -0.1) is 0 Å². The monoisotopic (exact) mass is 289 g/mol. The lowest BCUT2D eigenvalue weighted by molar-refractivity contribution is -0.150. The molecular formula is C18H27NO2. The van der Waals surface area contributed by atoms with Gasteiger partial charge in [-0.05, 0) is 31.0 Å². The van der Waals surface area contributed by atoms with Gasteiger partial charge >= 0.3 is 5.97 Å². The zero-order valence-corrected chi connectivity index (χ0v) is 13.3. The summed E-state index contributed by atoms with van der Waals surface area (Å²) >= 11 is 0. The van der Waals surface area contributed by atoms with Crippen LogP contribution in [-0.4, -0.2) is 24.7 Å². The van der Waals surface area contributed by atoms with Crippen LogP contribution < -0.4 is 5.32 Å². The number of carbonyl (C=O) groups is 1. The first kappa shape index (κ1) is 16.0. The van der Waals surface area contributed by atoms with Gasteiger partial charge in [-0.25, -0.2) is 0 Å². The predicted molar refractivity (Wildman–Crippen MR) is 85.4 cm³/mol. The zero-order valence-electron chi connectivity index (χ0n) is 13.3. The maximum absolute atomic E-state index is 12.5. The number of ether oxygens (including phenoxy) is 1. The first-order valence-electron chi connectivity index (χ1n) is 8.21. The number of fused-ring (bicyclic) bond motifs is 1. The van der Waals surface area contributed by atoms with Crippen molar-refractivity contribution in [2.24, 2.45) is 0 Å². The molecule has 0 bridgehead atoms. The summed E-state index contributed by atoms with van der Waals surface area (Å²) in [6.45, 7) is 5.40. The van der Waals surface area contributed by atoms with Gasteiger partial charge in [0.05, 0.1) is 6.61 Å². The largest absolute Gasteiger partial charge is 0.465 e. The van der Waals surface area contributed by atoms with Gasteiger partial charge in [0.2, 0.25) is 0 Å². The molecule has 0 fully saturated rings. The van der Waals surface area contributed by atoms with Crippen LogP contribution in [-0.2, 0) is 22.4 Å². The number of rotatable bonds is 8. The van der Waals surface area contributed by atoms with Crippen LogP contribution >= 0.6 is 0 Å². The van der Waals surface area contributed by atoms with E-state index in [1.165, 1.54) is 30.4 Å². The van der Waals surface area contributed by atoms with Crippen molar-refractivity contribution in [1.82, 2.24) is 5.32 Å². The lowest BCUT2D eigenvalue weighted by atomic mass is 9.95. The number of esters is 1. The van der Waals surface area contributed by atoms with Crippen molar-refractivity contribution in [3.8, 4) is 0 Å². The Labute approximate surface area is 128 Å². The Balaban J connectivity index is 2.02. The second-order valence-corrected chi connectivity index (χ2v) is 5.91. The number of hydrogen-bond acceptors (Lipinski definition) is 3. The molecule has 0 spiro atoms. The Bertz CT molecular complexity index is 445. The Morgan fingerprint density at radius 3 is 2.38 bits per heavy atom.